The van der Waals surface area contributed by atoms with E-state index in [1.54, 1.807) is 11.3 Å². The molecular formula is C15H24N4OS. The Labute approximate surface area is 130 Å². The zero-order valence-corrected chi connectivity index (χ0v) is 14.2. The average Bonchev–Trinajstić information content (AvgIpc) is 2.85. The molecule has 116 valence electrons. The Morgan fingerprint density at radius 1 is 1.33 bits per heavy atom. The van der Waals surface area contributed by atoms with Gasteiger partial charge in [0.2, 0.25) is 5.95 Å². The van der Waals surface area contributed by atoms with Crippen LogP contribution in [0.2, 0.25) is 0 Å². The van der Waals surface area contributed by atoms with Gasteiger partial charge in [0.05, 0.1) is 11.0 Å². The summed E-state index contributed by atoms with van der Waals surface area (Å²) in [5.41, 5.74) is -0.767. The van der Waals surface area contributed by atoms with Crippen LogP contribution in [-0.2, 0) is 6.42 Å². The molecule has 2 N–H and O–H groups in total. The predicted molar refractivity (Wildman–Crippen MR) is 90.5 cm³/mol. The fourth-order valence-electron chi connectivity index (χ4n) is 2.29. The number of fused-ring (bicyclic) bond motifs is 1. The van der Waals surface area contributed by atoms with Gasteiger partial charge in [-0.1, -0.05) is 6.92 Å². The van der Waals surface area contributed by atoms with Crippen LogP contribution in [0.5, 0.6) is 0 Å². The van der Waals surface area contributed by atoms with Crippen molar-refractivity contribution in [2.75, 3.05) is 30.4 Å². The SMILES string of the molecule is CCc1cc2c(N(CC)CC(C)(C)O)nc(NC)nc2s1. The Hall–Kier alpha value is -1.40. The third-order valence-corrected chi connectivity index (χ3v) is 4.43. The lowest BCUT2D eigenvalue weighted by Crippen LogP contribution is -2.39. The van der Waals surface area contributed by atoms with Crippen molar-refractivity contribution < 1.29 is 5.11 Å². The fourth-order valence-corrected chi connectivity index (χ4v) is 3.25. The highest BCUT2D eigenvalue weighted by atomic mass is 32.1. The van der Waals surface area contributed by atoms with Gasteiger partial charge < -0.3 is 15.3 Å². The Balaban J connectivity index is 2.55. The van der Waals surface area contributed by atoms with E-state index in [0.29, 0.717) is 12.5 Å². The second-order valence-electron chi connectivity index (χ2n) is 5.73. The molecule has 0 unspecified atom stereocenters. The molecule has 0 aliphatic carbocycles. The van der Waals surface area contributed by atoms with Crippen LogP contribution < -0.4 is 10.2 Å². The van der Waals surface area contributed by atoms with E-state index in [2.05, 4.69) is 40.1 Å². The van der Waals surface area contributed by atoms with Gasteiger partial charge in [0.15, 0.2) is 0 Å². The van der Waals surface area contributed by atoms with Crippen LogP contribution in [0.4, 0.5) is 11.8 Å². The highest BCUT2D eigenvalue weighted by Gasteiger charge is 2.22. The van der Waals surface area contributed by atoms with E-state index in [1.807, 2.05) is 20.9 Å². The molecule has 0 aromatic carbocycles. The molecule has 2 heterocycles. The number of hydrogen-bond donors (Lipinski definition) is 2. The first-order valence-electron chi connectivity index (χ1n) is 7.33. The smallest absolute Gasteiger partial charge is 0.225 e. The van der Waals surface area contributed by atoms with Crippen molar-refractivity contribution in [2.24, 2.45) is 0 Å². The number of aromatic nitrogens is 2. The molecule has 2 aromatic heterocycles. The summed E-state index contributed by atoms with van der Waals surface area (Å²) in [6.07, 6.45) is 0.993. The fraction of sp³-hybridized carbons (Fsp3) is 0.600. The second kappa shape index (κ2) is 6.15. The van der Waals surface area contributed by atoms with E-state index in [4.69, 9.17) is 0 Å². The molecule has 5 nitrogen and oxygen atoms in total. The third-order valence-electron chi connectivity index (χ3n) is 3.25. The summed E-state index contributed by atoms with van der Waals surface area (Å²) < 4.78 is 0. The molecule has 0 fully saturated rings. The minimum absolute atomic E-state index is 0.538. The van der Waals surface area contributed by atoms with Crippen molar-refractivity contribution in [1.29, 1.82) is 0 Å². The molecule has 2 aromatic rings. The molecule has 0 aliphatic heterocycles. The number of hydrogen-bond acceptors (Lipinski definition) is 6. The Kier molecular flexibility index (Phi) is 4.68. The van der Waals surface area contributed by atoms with Crippen LogP contribution in [0.3, 0.4) is 0 Å². The number of aryl methyl sites for hydroxylation is 1. The Morgan fingerprint density at radius 2 is 2.05 bits per heavy atom. The Morgan fingerprint density at radius 3 is 2.57 bits per heavy atom. The van der Waals surface area contributed by atoms with E-state index in [9.17, 15) is 5.11 Å². The molecule has 0 saturated carbocycles. The lowest BCUT2D eigenvalue weighted by atomic mass is 10.1. The molecule has 0 saturated heterocycles. The highest BCUT2D eigenvalue weighted by molar-refractivity contribution is 7.18. The summed E-state index contributed by atoms with van der Waals surface area (Å²) >= 11 is 1.71. The summed E-state index contributed by atoms with van der Waals surface area (Å²) in [4.78, 5) is 13.6. The molecule has 0 bridgehead atoms. The van der Waals surface area contributed by atoms with Crippen molar-refractivity contribution in [3.8, 4) is 0 Å². The molecule has 6 heteroatoms. The molecule has 0 atom stereocenters. The normalized spacial score (nSPS) is 11.9. The Bertz CT molecular complexity index is 618. The van der Waals surface area contributed by atoms with Crippen molar-refractivity contribution in [3.05, 3.63) is 10.9 Å². The molecular weight excluding hydrogens is 284 g/mol. The van der Waals surface area contributed by atoms with Gasteiger partial charge in [0.1, 0.15) is 10.6 Å². The third kappa shape index (κ3) is 3.63. The van der Waals surface area contributed by atoms with Gasteiger partial charge in [-0.2, -0.15) is 4.98 Å². The zero-order chi connectivity index (χ0) is 15.6. The number of anilines is 2. The number of rotatable bonds is 6. The standard InChI is InChI=1S/C15H24N4OS/c1-6-10-8-11-12(19(7-2)9-15(3,4)20)17-14(16-5)18-13(11)21-10/h8,20H,6-7,9H2,1-5H3,(H,16,17,18). The first-order valence-corrected chi connectivity index (χ1v) is 8.15. The van der Waals surface area contributed by atoms with Gasteiger partial charge in [0.25, 0.3) is 0 Å². The van der Waals surface area contributed by atoms with Crippen molar-refractivity contribution in [3.63, 3.8) is 0 Å². The van der Waals surface area contributed by atoms with Crippen LogP contribution in [0.25, 0.3) is 10.2 Å². The minimum atomic E-state index is -0.767. The van der Waals surface area contributed by atoms with Gasteiger partial charge >= 0.3 is 0 Å². The van der Waals surface area contributed by atoms with Gasteiger partial charge in [-0.3, -0.25) is 0 Å². The van der Waals surface area contributed by atoms with Crippen molar-refractivity contribution in [2.45, 2.75) is 39.7 Å². The first kappa shape index (κ1) is 16.0. The van der Waals surface area contributed by atoms with E-state index in [1.165, 1.54) is 4.88 Å². The largest absolute Gasteiger partial charge is 0.389 e. The highest BCUT2D eigenvalue weighted by Crippen LogP contribution is 2.32. The number of nitrogens with one attached hydrogen (secondary N) is 1. The number of nitrogens with zero attached hydrogens (tertiary/aromatic N) is 3. The van der Waals surface area contributed by atoms with Crippen LogP contribution in [0.1, 0.15) is 32.6 Å². The maximum atomic E-state index is 10.1. The summed E-state index contributed by atoms with van der Waals surface area (Å²) in [6.45, 7) is 9.18. The number of thiophene rings is 1. The lowest BCUT2D eigenvalue weighted by molar-refractivity contribution is 0.0875. The molecule has 0 amide bonds. The summed E-state index contributed by atoms with van der Waals surface area (Å²) in [7, 11) is 1.82. The summed E-state index contributed by atoms with van der Waals surface area (Å²) in [5.74, 6) is 1.51. The summed E-state index contributed by atoms with van der Waals surface area (Å²) in [5, 5.41) is 14.2. The second-order valence-corrected chi connectivity index (χ2v) is 6.85. The van der Waals surface area contributed by atoms with Crippen LogP contribution in [0.15, 0.2) is 6.07 Å². The topological polar surface area (TPSA) is 61.3 Å². The predicted octanol–water partition coefficient (Wildman–Crippen LogP) is 2.89. The number of aliphatic hydroxyl groups is 1. The quantitative estimate of drug-likeness (QED) is 0.859. The monoisotopic (exact) mass is 308 g/mol. The average molecular weight is 308 g/mol. The minimum Gasteiger partial charge on any atom is -0.389 e. The molecule has 0 spiro atoms. The lowest BCUT2D eigenvalue weighted by Gasteiger charge is -2.29. The molecule has 2 rings (SSSR count). The van der Waals surface area contributed by atoms with Crippen molar-refractivity contribution in [1.82, 2.24) is 9.97 Å². The maximum Gasteiger partial charge on any atom is 0.225 e. The van der Waals surface area contributed by atoms with Crippen LogP contribution in [0, 0.1) is 0 Å². The number of likely N-dealkylation sites (N-methyl/N-ethyl adjacent to an activating group) is 1. The van der Waals surface area contributed by atoms with E-state index in [0.717, 1.165) is 29.0 Å². The zero-order valence-electron chi connectivity index (χ0n) is 13.4. The molecule has 21 heavy (non-hydrogen) atoms. The van der Waals surface area contributed by atoms with Crippen molar-refractivity contribution >= 4 is 33.3 Å². The van der Waals surface area contributed by atoms with Gasteiger partial charge in [0, 0.05) is 25.0 Å². The molecule has 0 radical (unpaired) electrons. The van der Waals surface area contributed by atoms with Gasteiger partial charge in [-0.15, -0.1) is 11.3 Å². The van der Waals surface area contributed by atoms with E-state index in [-0.39, 0.29) is 0 Å². The van der Waals surface area contributed by atoms with Gasteiger partial charge in [-0.05, 0) is 33.3 Å². The van der Waals surface area contributed by atoms with Crippen LogP contribution >= 0.6 is 11.3 Å². The van der Waals surface area contributed by atoms with Crippen LogP contribution in [-0.4, -0.2) is 40.8 Å². The van der Waals surface area contributed by atoms with E-state index >= 15 is 0 Å². The maximum absolute atomic E-state index is 10.1. The summed E-state index contributed by atoms with van der Waals surface area (Å²) in [6, 6.07) is 2.17. The molecule has 0 aliphatic rings. The first-order chi connectivity index (χ1) is 9.87. The van der Waals surface area contributed by atoms with Gasteiger partial charge in [-0.25, -0.2) is 4.98 Å². The van der Waals surface area contributed by atoms with E-state index < -0.39 is 5.60 Å².